The van der Waals surface area contributed by atoms with E-state index >= 15 is 0 Å². The van der Waals surface area contributed by atoms with E-state index in [9.17, 15) is 19.1 Å². The van der Waals surface area contributed by atoms with Crippen LogP contribution in [0.3, 0.4) is 0 Å². The van der Waals surface area contributed by atoms with Crippen molar-refractivity contribution in [3.05, 3.63) is 65.2 Å². The summed E-state index contributed by atoms with van der Waals surface area (Å²) in [5.41, 5.74) is -0.464. The number of halogens is 1. The van der Waals surface area contributed by atoms with Crippen LogP contribution in [0.15, 0.2) is 53.8 Å². The number of piperidine rings is 1. The molecular formula is C28H33FN8O3. The first kappa shape index (κ1) is 26.2. The first-order valence-electron chi connectivity index (χ1n) is 13.7. The molecular weight excluding hydrogens is 515 g/mol. The molecule has 1 aliphatic heterocycles. The fourth-order valence-electron chi connectivity index (χ4n) is 5.90. The molecule has 0 unspecified atom stereocenters. The summed E-state index contributed by atoms with van der Waals surface area (Å²) in [6, 6.07) is 8.05. The number of benzene rings is 1. The Kier molecular flexibility index (Phi) is 6.87. The van der Waals surface area contributed by atoms with Gasteiger partial charge in [-0.3, -0.25) is 18.8 Å². The molecule has 210 valence electrons. The van der Waals surface area contributed by atoms with Gasteiger partial charge in [0.2, 0.25) is 5.91 Å². The summed E-state index contributed by atoms with van der Waals surface area (Å²) < 4.78 is 18.0. The molecule has 4 heterocycles. The van der Waals surface area contributed by atoms with Crippen molar-refractivity contribution in [2.45, 2.75) is 56.7 Å². The highest BCUT2D eigenvalue weighted by atomic mass is 19.1. The molecule has 12 heteroatoms. The maximum Gasteiger partial charge on any atom is 0.264 e. The second-order valence-electron chi connectivity index (χ2n) is 11.1. The molecule has 40 heavy (non-hydrogen) atoms. The molecule has 2 N–H and O–H groups in total. The summed E-state index contributed by atoms with van der Waals surface area (Å²) >= 11 is 0. The molecule has 3 aromatic heterocycles. The molecule has 0 bridgehead atoms. The van der Waals surface area contributed by atoms with Gasteiger partial charge in [-0.15, -0.1) is 0 Å². The van der Waals surface area contributed by atoms with Gasteiger partial charge in [0.1, 0.15) is 23.3 Å². The minimum Gasteiger partial charge on any atom is -0.388 e. The predicted octanol–water partition coefficient (Wildman–Crippen LogP) is 2.48. The van der Waals surface area contributed by atoms with Crippen molar-refractivity contribution in [2.24, 2.45) is 13.0 Å². The molecule has 2 aliphatic rings. The number of carbonyl (C=O) groups excluding carboxylic acids is 1. The van der Waals surface area contributed by atoms with Crippen molar-refractivity contribution in [2.75, 3.05) is 18.4 Å². The maximum absolute atomic E-state index is 13.3. The number of aliphatic hydroxyl groups is 1. The first-order valence-corrected chi connectivity index (χ1v) is 13.7. The third-order valence-electron chi connectivity index (χ3n) is 8.24. The molecule has 1 aliphatic carbocycles. The molecule has 1 saturated carbocycles. The highest BCUT2D eigenvalue weighted by Crippen LogP contribution is 2.31. The number of fused-ring (bicyclic) bond motifs is 1. The largest absolute Gasteiger partial charge is 0.388 e. The normalized spacial score (nSPS) is 21.0. The van der Waals surface area contributed by atoms with E-state index in [1.165, 1.54) is 33.9 Å². The third-order valence-corrected chi connectivity index (χ3v) is 8.24. The van der Waals surface area contributed by atoms with Crippen LogP contribution in [0.25, 0.3) is 16.7 Å². The molecule has 0 atom stereocenters. The molecule has 1 amide bonds. The number of nitrogens with zero attached hydrogens (tertiary/aromatic N) is 7. The molecule has 2 fully saturated rings. The van der Waals surface area contributed by atoms with E-state index in [-0.39, 0.29) is 29.7 Å². The Morgan fingerprint density at radius 1 is 1.12 bits per heavy atom. The van der Waals surface area contributed by atoms with Gasteiger partial charge in [-0.1, -0.05) is 0 Å². The van der Waals surface area contributed by atoms with Gasteiger partial charge in [-0.05, 0) is 62.8 Å². The number of rotatable bonds is 6. The Morgan fingerprint density at radius 2 is 1.85 bits per heavy atom. The predicted molar refractivity (Wildman–Crippen MR) is 146 cm³/mol. The van der Waals surface area contributed by atoms with Gasteiger partial charge in [0.25, 0.3) is 5.56 Å². The highest BCUT2D eigenvalue weighted by Gasteiger charge is 2.37. The summed E-state index contributed by atoms with van der Waals surface area (Å²) in [6.45, 7) is 0.992. The molecule has 4 aromatic rings. The van der Waals surface area contributed by atoms with Crippen LogP contribution in [0.2, 0.25) is 0 Å². The van der Waals surface area contributed by atoms with Crippen molar-refractivity contribution in [1.82, 2.24) is 34.0 Å². The number of aryl methyl sites for hydroxylation is 1. The summed E-state index contributed by atoms with van der Waals surface area (Å²) in [5, 5.41) is 23.7. The SMILES string of the molecule is Cn1ccc(N[C@H]2CC[C@H](C(=O)N3CCC(O)(Cn4cnc5c(cnn5-c5ccc(F)cc5)c4=O)CC3)CC2)n1. The zero-order valence-corrected chi connectivity index (χ0v) is 22.4. The van der Waals surface area contributed by atoms with Gasteiger partial charge < -0.3 is 15.3 Å². The molecule has 11 nitrogen and oxygen atoms in total. The summed E-state index contributed by atoms with van der Waals surface area (Å²) in [7, 11) is 1.89. The van der Waals surface area contributed by atoms with E-state index in [1.54, 1.807) is 16.8 Å². The smallest absolute Gasteiger partial charge is 0.264 e. The van der Waals surface area contributed by atoms with Crippen LogP contribution < -0.4 is 10.9 Å². The van der Waals surface area contributed by atoms with Crippen molar-refractivity contribution in [1.29, 1.82) is 0 Å². The van der Waals surface area contributed by atoms with Crippen LogP contribution in [0.4, 0.5) is 10.2 Å². The molecule has 0 radical (unpaired) electrons. The molecule has 0 spiro atoms. The Balaban J connectivity index is 1.05. The van der Waals surface area contributed by atoms with Gasteiger partial charge >= 0.3 is 0 Å². The Labute approximate surface area is 230 Å². The minimum atomic E-state index is -1.12. The van der Waals surface area contributed by atoms with Gasteiger partial charge in [0.05, 0.1) is 24.0 Å². The topological polar surface area (TPSA) is 123 Å². The monoisotopic (exact) mass is 548 g/mol. The Bertz CT molecular complexity index is 1560. The fraction of sp³-hybridized carbons (Fsp3) is 0.464. The van der Waals surface area contributed by atoms with E-state index in [2.05, 4.69) is 20.5 Å². The van der Waals surface area contributed by atoms with Crippen molar-refractivity contribution in [3.63, 3.8) is 0 Å². The van der Waals surface area contributed by atoms with E-state index in [0.717, 1.165) is 31.5 Å². The molecule has 1 aromatic carbocycles. The van der Waals surface area contributed by atoms with Crippen LogP contribution >= 0.6 is 0 Å². The lowest BCUT2D eigenvalue weighted by atomic mass is 9.84. The lowest BCUT2D eigenvalue weighted by molar-refractivity contribution is -0.141. The average molecular weight is 549 g/mol. The van der Waals surface area contributed by atoms with Gasteiger partial charge in [0, 0.05) is 44.4 Å². The molecule has 1 saturated heterocycles. The Hall–Kier alpha value is -4.06. The number of amides is 1. The number of likely N-dealkylation sites (tertiary alicyclic amines) is 1. The van der Waals surface area contributed by atoms with Crippen molar-refractivity contribution >= 4 is 22.8 Å². The summed E-state index contributed by atoms with van der Waals surface area (Å²) in [4.78, 5) is 32.7. The van der Waals surface area contributed by atoms with E-state index in [4.69, 9.17) is 0 Å². The van der Waals surface area contributed by atoms with Crippen molar-refractivity contribution in [3.8, 4) is 5.69 Å². The fourth-order valence-corrected chi connectivity index (χ4v) is 5.90. The number of anilines is 1. The summed E-state index contributed by atoms with van der Waals surface area (Å²) in [5.74, 6) is 0.659. The van der Waals surface area contributed by atoms with E-state index in [1.807, 2.05) is 24.2 Å². The van der Waals surface area contributed by atoms with Crippen LogP contribution in [-0.2, 0) is 18.4 Å². The Morgan fingerprint density at radius 3 is 2.52 bits per heavy atom. The van der Waals surface area contributed by atoms with E-state index < -0.39 is 5.60 Å². The lowest BCUT2D eigenvalue weighted by Gasteiger charge is -2.40. The highest BCUT2D eigenvalue weighted by molar-refractivity contribution is 5.79. The third kappa shape index (κ3) is 5.23. The second-order valence-corrected chi connectivity index (χ2v) is 11.1. The second kappa shape index (κ2) is 10.5. The average Bonchev–Trinajstić information content (AvgIpc) is 3.57. The molecule has 6 rings (SSSR count). The number of carbonyl (C=O) groups is 1. The quantitative estimate of drug-likeness (QED) is 0.380. The number of hydrogen-bond acceptors (Lipinski definition) is 7. The lowest BCUT2D eigenvalue weighted by Crippen LogP contribution is -2.51. The minimum absolute atomic E-state index is 0.000142. The van der Waals surface area contributed by atoms with E-state index in [0.29, 0.717) is 48.7 Å². The number of aromatic nitrogens is 6. The van der Waals surface area contributed by atoms with Gasteiger partial charge in [-0.2, -0.15) is 10.2 Å². The first-order chi connectivity index (χ1) is 19.3. The number of nitrogens with one attached hydrogen (secondary N) is 1. The van der Waals surface area contributed by atoms with Gasteiger partial charge in [0.15, 0.2) is 5.65 Å². The zero-order valence-electron chi connectivity index (χ0n) is 22.4. The summed E-state index contributed by atoms with van der Waals surface area (Å²) in [6.07, 6.45) is 9.03. The van der Waals surface area contributed by atoms with Gasteiger partial charge in [-0.25, -0.2) is 14.1 Å². The maximum atomic E-state index is 13.3. The number of hydrogen-bond donors (Lipinski definition) is 2. The standard InChI is InChI=1S/C28H33FN8O3/c1-34-13-10-24(33-34)32-21-6-2-19(3-7-21)26(38)35-14-11-28(40,12-15-35)17-36-18-30-25-23(27(36)39)16-31-37(25)22-8-4-20(29)5-9-22/h4-5,8-10,13,16,18-19,21,40H,2-3,6-7,11-12,14-15,17H2,1H3,(H,32,33)/t19-,21-. The van der Waals surface area contributed by atoms with Crippen molar-refractivity contribution < 1.29 is 14.3 Å². The van der Waals surface area contributed by atoms with Crippen LogP contribution in [0.1, 0.15) is 38.5 Å². The van der Waals surface area contributed by atoms with Crippen LogP contribution in [0.5, 0.6) is 0 Å². The van der Waals surface area contributed by atoms with Crippen LogP contribution in [-0.4, -0.2) is 69.8 Å². The van der Waals surface area contributed by atoms with Crippen LogP contribution in [0, 0.1) is 11.7 Å². The zero-order chi connectivity index (χ0) is 27.9.